The largest absolute Gasteiger partial charge is 0.494 e. The molecule has 2 atom stereocenters. The van der Waals surface area contributed by atoms with Gasteiger partial charge in [-0.3, -0.25) is 9.48 Å². The molecular weight excluding hydrogens is 514 g/mol. The molecule has 9 heteroatoms. The van der Waals surface area contributed by atoms with Crippen LogP contribution < -0.4 is 4.74 Å². The van der Waals surface area contributed by atoms with Crippen molar-refractivity contribution in [3.05, 3.63) is 89.6 Å². The maximum absolute atomic E-state index is 14.0. The highest BCUT2D eigenvalue weighted by atomic mass is 32.2. The lowest BCUT2D eigenvalue weighted by molar-refractivity contribution is -0.136. The van der Waals surface area contributed by atoms with Gasteiger partial charge in [0.25, 0.3) is 0 Å². The molecule has 1 saturated heterocycles. The zero-order valence-corrected chi connectivity index (χ0v) is 22.7. The number of sulfonamides is 1. The third-order valence-corrected chi connectivity index (χ3v) is 8.93. The molecule has 0 amide bonds. The van der Waals surface area contributed by atoms with Gasteiger partial charge in [-0.05, 0) is 48.2 Å². The quantitative estimate of drug-likeness (QED) is 0.293. The number of carboxylic acid groups (broad SMARTS) is 1. The molecule has 202 valence electrons. The topological polar surface area (TPSA) is 102 Å². The van der Waals surface area contributed by atoms with Gasteiger partial charge < -0.3 is 9.84 Å². The van der Waals surface area contributed by atoms with E-state index < -0.39 is 16.0 Å². The van der Waals surface area contributed by atoms with Crippen molar-refractivity contribution in [2.45, 2.75) is 31.2 Å². The maximum atomic E-state index is 14.0. The normalized spacial score (nSPS) is 18.2. The van der Waals surface area contributed by atoms with E-state index in [1.807, 2.05) is 79.2 Å². The van der Waals surface area contributed by atoms with Crippen molar-refractivity contribution in [1.29, 1.82) is 0 Å². The number of ether oxygens (including phenoxy) is 1. The van der Waals surface area contributed by atoms with E-state index >= 15 is 0 Å². The Morgan fingerprint density at radius 1 is 1.05 bits per heavy atom. The smallest absolute Gasteiger partial charge is 0.309 e. The second-order valence-electron chi connectivity index (χ2n) is 9.72. The van der Waals surface area contributed by atoms with Crippen LogP contribution in [0.3, 0.4) is 0 Å². The van der Waals surface area contributed by atoms with Crippen LogP contribution in [0.4, 0.5) is 0 Å². The lowest BCUT2D eigenvalue weighted by Gasteiger charge is -2.19. The van der Waals surface area contributed by atoms with Crippen LogP contribution in [0.1, 0.15) is 36.7 Å². The van der Waals surface area contributed by atoms with Gasteiger partial charge in [0.2, 0.25) is 10.0 Å². The molecule has 3 aromatic carbocycles. The minimum atomic E-state index is -3.85. The predicted molar refractivity (Wildman–Crippen MR) is 151 cm³/mol. The van der Waals surface area contributed by atoms with Crippen LogP contribution in [-0.4, -0.2) is 53.3 Å². The molecule has 1 aromatic heterocycles. The molecule has 0 saturated carbocycles. The van der Waals surface area contributed by atoms with Crippen molar-refractivity contribution in [3.8, 4) is 5.75 Å². The number of benzene rings is 3. The summed E-state index contributed by atoms with van der Waals surface area (Å²) in [5.41, 5.74) is 2.79. The van der Waals surface area contributed by atoms with Crippen molar-refractivity contribution >= 4 is 39.0 Å². The van der Waals surface area contributed by atoms with Crippen LogP contribution in [0.5, 0.6) is 5.75 Å². The number of nitrogens with zero attached hydrogens (tertiary/aromatic N) is 3. The van der Waals surface area contributed by atoms with Crippen LogP contribution in [0, 0.1) is 5.92 Å². The Morgan fingerprint density at radius 3 is 2.54 bits per heavy atom. The van der Waals surface area contributed by atoms with Crippen LogP contribution in [0.25, 0.3) is 23.1 Å². The maximum Gasteiger partial charge on any atom is 0.309 e. The highest BCUT2D eigenvalue weighted by molar-refractivity contribution is 7.89. The molecule has 0 spiro atoms. The average Bonchev–Trinajstić information content (AvgIpc) is 3.48. The van der Waals surface area contributed by atoms with E-state index in [-0.39, 0.29) is 29.8 Å². The fourth-order valence-electron chi connectivity index (χ4n) is 5.14. The minimum Gasteiger partial charge on any atom is -0.494 e. The van der Waals surface area contributed by atoms with Crippen molar-refractivity contribution in [2.75, 3.05) is 19.7 Å². The summed E-state index contributed by atoms with van der Waals surface area (Å²) in [5.74, 6) is -0.391. The molecule has 39 heavy (non-hydrogen) atoms. The SMILES string of the molecule is CCOc1ccc(S(=O)(=O)N2C[C@@H](C)[C@@H](n3nc(CC(=O)O)c4ccccc43)C2)c(/C=C/c2ccccc2)c1. The number of hydrogen-bond acceptors (Lipinski definition) is 5. The van der Waals surface area contributed by atoms with Crippen molar-refractivity contribution in [2.24, 2.45) is 5.92 Å². The van der Waals surface area contributed by atoms with E-state index in [0.717, 1.165) is 16.5 Å². The van der Waals surface area contributed by atoms with Gasteiger partial charge in [0, 0.05) is 18.5 Å². The zero-order valence-electron chi connectivity index (χ0n) is 21.9. The van der Waals surface area contributed by atoms with Gasteiger partial charge in [-0.2, -0.15) is 9.40 Å². The van der Waals surface area contributed by atoms with Gasteiger partial charge in [0.1, 0.15) is 5.75 Å². The summed E-state index contributed by atoms with van der Waals surface area (Å²) in [6.07, 6.45) is 3.50. The molecule has 8 nitrogen and oxygen atoms in total. The molecule has 0 radical (unpaired) electrons. The molecular formula is C30H31N3O5S. The third-order valence-electron chi connectivity index (χ3n) is 7.03. The lowest BCUT2D eigenvalue weighted by atomic mass is 10.1. The summed E-state index contributed by atoms with van der Waals surface area (Å²) in [6.45, 7) is 4.92. The first-order chi connectivity index (χ1) is 18.8. The Hall–Kier alpha value is -3.95. The van der Waals surface area contributed by atoms with Gasteiger partial charge in [0.05, 0.1) is 35.2 Å². The first-order valence-electron chi connectivity index (χ1n) is 13.0. The first-order valence-corrected chi connectivity index (χ1v) is 14.4. The van der Waals surface area contributed by atoms with Gasteiger partial charge in [-0.25, -0.2) is 8.42 Å². The van der Waals surface area contributed by atoms with Gasteiger partial charge in [0.15, 0.2) is 0 Å². The Labute approximate surface area is 228 Å². The van der Waals surface area contributed by atoms with E-state index in [0.29, 0.717) is 30.2 Å². The molecule has 1 fully saturated rings. The van der Waals surface area contributed by atoms with Crippen LogP contribution in [0.2, 0.25) is 0 Å². The fraction of sp³-hybridized carbons (Fsp3) is 0.267. The monoisotopic (exact) mass is 545 g/mol. The molecule has 4 aromatic rings. The number of hydrogen-bond donors (Lipinski definition) is 1. The van der Waals surface area contributed by atoms with E-state index in [4.69, 9.17) is 4.74 Å². The van der Waals surface area contributed by atoms with Crippen LogP contribution >= 0.6 is 0 Å². The van der Waals surface area contributed by atoms with Gasteiger partial charge in [-0.1, -0.05) is 67.6 Å². The summed E-state index contributed by atoms with van der Waals surface area (Å²) < 4.78 is 37.0. The summed E-state index contributed by atoms with van der Waals surface area (Å²) >= 11 is 0. The lowest BCUT2D eigenvalue weighted by Crippen LogP contribution is -2.30. The van der Waals surface area contributed by atoms with Crippen LogP contribution in [0.15, 0.2) is 77.7 Å². The van der Waals surface area contributed by atoms with Crippen molar-refractivity contribution < 1.29 is 23.1 Å². The van der Waals surface area contributed by atoms with E-state index in [1.165, 1.54) is 4.31 Å². The number of para-hydroxylation sites is 1. The molecule has 1 N–H and O–H groups in total. The second-order valence-corrected chi connectivity index (χ2v) is 11.6. The zero-order chi connectivity index (χ0) is 27.6. The minimum absolute atomic E-state index is 0.0354. The molecule has 0 aliphatic carbocycles. The van der Waals surface area contributed by atoms with E-state index in [9.17, 15) is 18.3 Å². The molecule has 0 bridgehead atoms. The summed E-state index contributed by atoms with van der Waals surface area (Å²) in [7, 11) is -3.85. The third kappa shape index (κ3) is 5.46. The summed E-state index contributed by atoms with van der Waals surface area (Å²) in [4.78, 5) is 11.6. The Bertz CT molecular complexity index is 1630. The Kier molecular flexibility index (Phi) is 7.54. The number of aliphatic carboxylic acids is 1. The Morgan fingerprint density at radius 2 is 1.79 bits per heavy atom. The van der Waals surface area contributed by atoms with Crippen LogP contribution in [-0.2, 0) is 21.2 Å². The Balaban J connectivity index is 1.49. The van der Waals surface area contributed by atoms with E-state index in [1.54, 1.807) is 24.3 Å². The molecule has 5 rings (SSSR count). The molecule has 1 aliphatic rings. The predicted octanol–water partition coefficient (Wildman–Crippen LogP) is 5.11. The average molecular weight is 546 g/mol. The van der Waals surface area contributed by atoms with E-state index in [2.05, 4.69) is 5.10 Å². The number of rotatable bonds is 9. The molecule has 2 heterocycles. The molecule has 1 aliphatic heterocycles. The second kappa shape index (κ2) is 11.0. The van der Waals surface area contributed by atoms with Gasteiger partial charge in [-0.15, -0.1) is 0 Å². The van der Waals surface area contributed by atoms with Gasteiger partial charge >= 0.3 is 5.97 Å². The van der Waals surface area contributed by atoms with Crippen molar-refractivity contribution in [1.82, 2.24) is 14.1 Å². The molecule has 0 unspecified atom stereocenters. The number of aromatic nitrogens is 2. The fourth-order valence-corrected chi connectivity index (χ4v) is 6.86. The van der Waals surface area contributed by atoms with Crippen molar-refractivity contribution in [3.63, 3.8) is 0 Å². The number of carbonyl (C=O) groups is 1. The number of fused-ring (bicyclic) bond motifs is 1. The number of carboxylic acids is 1. The highest BCUT2D eigenvalue weighted by Gasteiger charge is 2.40. The standard InChI is InChI=1S/C30H31N3O5S/c1-3-38-24-15-16-29(23(17-24)14-13-22-9-5-4-6-10-22)39(36,37)32-19-21(2)28(20-32)33-27-12-8-7-11-25(27)26(31-33)18-30(34)35/h4-17,21,28H,3,18-20H2,1-2H3,(H,34,35)/b14-13+/t21-,28+/m1/s1. The summed E-state index contributed by atoms with van der Waals surface area (Å²) in [6, 6.07) is 22.0. The highest BCUT2D eigenvalue weighted by Crippen LogP contribution is 2.36. The summed E-state index contributed by atoms with van der Waals surface area (Å²) in [5, 5.41) is 14.8. The first kappa shape index (κ1) is 26.6.